The Morgan fingerprint density at radius 2 is 1.80 bits per heavy atom. The molecular formula is C14H24FN3O2. The van der Waals surface area contributed by atoms with Crippen LogP contribution in [0.15, 0.2) is 0 Å². The van der Waals surface area contributed by atoms with Crippen molar-refractivity contribution in [2.45, 2.75) is 38.5 Å². The van der Waals surface area contributed by atoms with Crippen molar-refractivity contribution in [3.8, 4) is 17.9 Å². The largest absolute Gasteiger partial charge is 0.412 e. The second-order valence-electron chi connectivity index (χ2n) is 5.48. The Bertz CT molecular complexity index is 380. The molecule has 1 aliphatic heterocycles. The SMILES string of the molecule is CC1CNC(C2CCC(C#CC#N)C(F)C2)NC1.O.O. The maximum Gasteiger partial charge on any atom is 0.152 e. The summed E-state index contributed by atoms with van der Waals surface area (Å²) in [7, 11) is 0. The first kappa shape index (κ1) is 18.8. The number of hydrogen-bond acceptors (Lipinski definition) is 3. The van der Waals surface area contributed by atoms with Gasteiger partial charge < -0.3 is 21.6 Å². The number of halogens is 1. The topological polar surface area (TPSA) is 111 Å². The fraction of sp³-hybridized carbons (Fsp3) is 0.786. The Labute approximate surface area is 119 Å². The number of nitrogens with one attached hydrogen (secondary N) is 2. The Kier molecular flexibility index (Phi) is 8.36. The van der Waals surface area contributed by atoms with Crippen molar-refractivity contribution in [1.82, 2.24) is 10.6 Å². The van der Waals surface area contributed by atoms with E-state index >= 15 is 0 Å². The normalized spacial score (nSPS) is 36.4. The van der Waals surface area contributed by atoms with Crippen LogP contribution in [0.3, 0.4) is 0 Å². The van der Waals surface area contributed by atoms with Crippen LogP contribution in [0.1, 0.15) is 26.2 Å². The average molecular weight is 285 g/mol. The van der Waals surface area contributed by atoms with Crippen LogP contribution in [0.25, 0.3) is 0 Å². The number of hydrogen-bond donors (Lipinski definition) is 2. The molecule has 0 aromatic heterocycles. The van der Waals surface area contributed by atoms with Gasteiger partial charge in [-0.2, -0.15) is 5.26 Å². The minimum atomic E-state index is -0.896. The van der Waals surface area contributed by atoms with Crippen LogP contribution in [0.4, 0.5) is 4.39 Å². The van der Waals surface area contributed by atoms with Crippen LogP contribution in [0, 0.1) is 40.9 Å². The molecule has 5 nitrogen and oxygen atoms in total. The first-order chi connectivity index (χ1) is 8.70. The van der Waals surface area contributed by atoms with Gasteiger partial charge in [-0.15, -0.1) is 0 Å². The van der Waals surface area contributed by atoms with Gasteiger partial charge in [0.05, 0.1) is 12.1 Å². The zero-order chi connectivity index (χ0) is 13.0. The summed E-state index contributed by atoms with van der Waals surface area (Å²) < 4.78 is 14.0. The first-order valence-electron chi connectivity index (χ1n) is 6.71. The molecule has 6 heteroatoms. The molecular weight excluding hydrogens is 261 g/mol. The highest BCUT2D eigenvalue weighted by Crippen LogP contribution is 2.32. The Hall–Kier alpha value is -1.18. The molecule has 0 aromatic rings. The lowest BCUT2D eigenvalue weighted by Gasteiger charge is -2.38. The summed E-state index contributed by atoms with van der Waals surface area (Å²) >= 11 is 0. The summed E-state index contributed by atoms with van der Waals surface area (Å²) in [6, 6.07) is 1.76. The summed E-state index contributed by atoms with van der Waals surface area (Å²) in [5.74, 6) is 5.79. The van der Waals surface area contributed by atoms with E-state index in [9.17, 15) is 4.39 Å². The summed E-state index contributed by atoms with van der Waals surface area (Å²) in [5.41, 5.74) is 0. The number of alkyl halides is 1. The van der Waals surface area contributed by atoms with Crippen LogP contribution in [-0.4, -0.2) is 36.4 Å². The van der Waals surface area contributed by atoms with Crippen LogP contribution < -0.4 is 10.6 Å². The third-order valence-electron chi connectivity index (χ3n) is 3.97. The molecule has 2 rings (SSSR count). The molecule has 1 saturated carbocycles. The van der Waals surface area contributed by atoms with Gasteiger partial charge in [-0.25, -0.2) is 4.39 Å². The van der Waals surface area contributed by atoms with Gasteiger partial charge in [0.1, 0.15) is 6.17 Å². The minimum Gasteiger partial charge on any atom is -0.412 e. The smallest absolute Gasteiger partial charge is 0.152 e. The van der Waals surface area contributed by atoms with E-state index in [1.54, 1.807) is 6.07 Å². The highest BCUT2D eigenvalue weighted by Gasteiger charge is 2.34. The third-order valence-corrected chi connectivity index (χ3v) is 3.97. The summed E-state index contributed by atoms with van der Waals surface area (Å²) in [5, 5.41) is 15.3. The molecule has 1 saturated heterocycles. The van der Waals surface area contributed by atoms with Gasteiger partial charge in [0.25, 0.3) is 0 Å². The minimum absolute atomic E-state index is 0. The van der Waals surface area contributed by atoms with E-state index in [4.69, 9.17) is 5.26 Å². The molecule has 3 atom stereocenters. The van der Waals surface area contributed by atoms with Crippen LogP contribution in [-0.2, 0) is 0 Å². The molecule has 0 radical (unpaired) electrons. The number of nitriles is 1. The quantitative estimate of drug-likeness (QED) is 0.649. The summed E-state index contributed by atoms with van der Waals surface area (Å²) in [6.07, 6.45) is 1.63. The second kappa shape index (κ2) is 8.89. The van der Waals surface area contributed by atoms with Crippen molar-refractivity contribution in [1.29, 1.82) is 5.26 Å². The molecule has 2 fully saturated rings. The van der Waals surface area contributed by atoms with Crippen molar-refractivity contribution in [2.75, 3.05) is 13.1 Å². The summed E-state index contributed by atoms with van der Waals surface area (Å²) in [4.78, 5) is 0. The van der Waals surface area contributed by atoms with E-state index in [2.05, 4.69) is 29.4 Å². The van der Waals surface area contributed by atoms with Gasteiger partial charge >= 0.3 is 0 Å². The van der Waals surface area contributed by atoms with E-state index < -0.39 is 6.17 Å². The van der Waals surface area contributed by atoms with Crippen molar-refractivity contribution in [3.63, 3.8) is 0 Å². The molecule has 3 unspecified atom stereocenters. The van der Waals surface area contributed by atoms with E-state index in [-0.39, 0.29) is 23.0 Å². The molecule has 0 aromatic carbocycles. The zero-order valence-corrected chi connectivity index (χ0v) is 11.7. The highest BCUT2D eigenvalue weighted by atomic mass is 19.1. The lowest BCUT2D eigenvalue weighted by molar-refractivity contribution is 0.111. The molecule has 0 spiro atoms. The number of nitrogens with zero attached hydrogens (tertiary/aromatic N) is 1. The van der Waals surface area contributed by atoms with Gasteiger partial charge in [0.2, 0.25) is 0 Å². The van der Waals surface area contributed by atoms with Gasteiger partial charge in [-0.3, -0.25) is 0 Å². The van der Waals surface area contributed by atoms with Gasteiger partial charge in [0, 0.05) is 19.0 Å². The standard InChI is InChI=1S/C14H20FN3.2H2O/c1-10-8-17-14(18-9-10)12-5-4-11(3-2-6-16)13(15)7-12;;/h10-14,17-18H,4-5,7-9H2,1H3;2*1H2. The van der Waals surface area contributed by atoms with E-state index in [0.717, 1.165) is 25.9 Å². The molecule has 20 heavy (non-hydrogen) atoms. The second-order valence-corrected chi connectivity index (χ2v) is 5.48. The van der Waals surface area contributed by atoms with Crippen LogP contribution in [0.2, 0.25) is 0 Å². The predicted molar refractivity (Wildman–Crippen MR) is 75.3 cm³/mol. The molecule has 1 heterocycles. The molecule has 0 bridgehead atoms. The van der Waals surface area contributed by atoms with Gasteiger partial charge in [-0.05, 0) is 31.1 Å². The maximum absolute atomic E-state index is 14.0. The third kappa shape index (κ3) is 4.73. The van der Waals surface area contributed by atoms with Crippen molar-refractivity contribution in [3.05, 3.63) is 0 Å². The Morgan fingerprint density at radius 1 is 1.15 bits per heavy atom. The first-order valence-corrected chi connectivity index (χ1v) is 6.71. The zero-order valence-electron chi connectivity index (χ0n) is 11.7. The lowest BCUT2D eigenvalue weighted by Crippen LogP contribution is -2.56. The predicted octanol–water partition coefficient (Wildman–Crippen LogP) is -0.227. The van der Waals surface area contributed by atoms with E-state index in [0.29, 0.717) is 18.3 Å². The monoisotopic (exact) mass is 285 g/mol. The van der Waals surface area contributed by atoms with Gasteiger partial charge in [-0.1, -0.05) is 12.8 Å². The number of rotatable bonds is 1. The average Bonchev–Trinajstić information content (AvgIpc) is 2.38. The molecule has 0 amide bonds. The summed E-state index contributed by atoms with van der Waals surface area (Å²) in [6.45, 7) is 4.20. The fourth-order valence-corrected chi connectivity index (χ4v) is 2.87. The maximum atomic E-state index is 14.0. The van der Waals surface area contributed by atoms with Gasteiger partial charge in [0.15, 0.2) is 6.07 Å². The Morgan fingerprint density at radius 3 is 2.35 bits per heavy atom. The van der Waals surface area contributed by atoms with Crippen molar-refractivity contribution >= 4 is 0 Å². The molecule has 114 valence electrons. The molecule has 6 N–H and O–H groups in total. The van der Waals surface area contributed by atoms with E-state index in [1.165, 1.54) is 0 Å². The molecule has 2 aliphatic rings. The van der Waals surface area contributed by atoms with E-state index in [1.807, 2.05) is 0 Å². The molecule has 1 aliphatic carbocycles. The van der Waals surface area contributed by atoms with Crippen molar-refractivity contribution in [2.24, 2.45) is 17.8 Å². The fourth-order valence-electron chi connectivity index (χ4n) is 2.87. The van der Waals surface area contributed by atoms with Crippen LogP contribution >= 0.6 is 0 Å². The van der Waals surface area contributed by atoms with Crippen LogP contribution in [0.5, 0.6) is 0 Å². The highest BCUT2D eigenvalue weighted by molar-refractivity contribution is 5.19. The van der Waals surface area contributed by atoms with Crippen molar-refractivity contribution < 1.29 is 15.3 Å². The Balaban J connectivity index is 0.00000180. The lowest BCUT2D eigenvalue weighted by atomic mass is 9.79.